The number of hydrogen-bond acceptors (Lipinski definition) is 6. The van der Waals surface area contributed by atoms with E-state index in [1.54, 1.807) is 24.9 Å². The van der Waals surface area contributed by atoms with E-state index in [4.69, 9.17) is 0 Å². The van der Waals surface area contributed by atoms with Crippen LogP contribution in [0.15, 0.2) is 12.1 Å². The predicted molar refractivity (Wildman–Crippen MR) is 106 cm³/mol. The van der Waals surface area contributed by atoms with Crippen LogP contribution in [0.25, 0.3) is 0 Å². The summed E-state index contributed by atoms with van der Waals surface area (Å²) < 4.78 is 0. The third-order valence-corrected chi connectivity index (χ3v) is 6.23. The first-order chi connectivity index (χ1) is 12.5. The van der Waals surface area contributed by atoms with E-state index in [1.807, 2.05) is 0 Å². The number of amides is 1. The van der Waals surface area contributed by atoms with Crippen molar-refractivity contribution in [2.45, 2.75) is 38.6 Å². The SMILES string of the molecule is CNc1cc(N2CCSC2)c(C(=O)NC2CCC(C)CC2)cc1[N+](=O)[O-]. The van der Waals surface area contributed by atoms with Crippen molar-refractivity contribution in [1.29, 1.82) is 0 Å². The van der Waals surface area contributed by atoms with E-state index in [0.717, 1.165) is 49.5 Å². The van der Waals surface area contributed by atoms with Gasteiger partial charge in [-0.2, -0.15) is 0 Å². The third kappa shape index (κ3) is 4.06. The summed E-state index contributed by atoms with van der Waals surface area (Å²) in [5.41, 5.74) is 1.54. The van der Waals surface area contributed by atoms with Crippen molar-refractivity contribution in [2.24, 2.45) is 5.92 Å². The quantitative estimate of drug-likeness (QED) is 0.603. The molecule has 1 amide bonds. The molecular weight excluding hydrogens is 352 g/mol. The molecule has 1 aliphatic heterocycles. The Bertz CT molecular complexity index is 683. The number of nitrogens with one attached hydrogen (secondary N) is 2. The Morgan fingerprint density at radius 2 is 2.04 bits per heavy atom. The van der Waals surface area contributed by atoms with Gasteiger partial charge in [0.15, 0.2) is 0 Å². The number of anilines is 2. The summed E-state index contributed by atoms with van der Waals surface area (Å²) in [7, 11) is 1.66. The highest BCUT2D eigenvalue weighted by molar-refractivity contribution is 7.99. The summed E-state index contributed by atoms with van der Waals surface area (Å²) in [5, 5.41) is 17.4. The summed E-state index contributed by atoms with van der Waals surface area (Å²) in [6, 6.07) is 3.31. The fourth-order valence-electron chi connectivity index (χ4n) is 3.64. The zero-order valence-electron chi connectivity index (χ0n) is 15.3. The lowest BCUT2D eigenvalue weighted by atomic mass is 9.87. The monoisotopic (exact) mass is 378 g/mol. The van der Waals surface area contributed by atoms with Crippen LogP contribution in [0.5, 0.6) is 0 Å². The van der Waals surface area contributed by atoms with Gasteiger partial charge in [-0.05, 0) is 37.7 Å². The number of hydrogen-bond donors (Lipinski definition) is 2. The van der Waals surface area contributed by atoms with Gasteiger partial charge in [0.25, 0.3) is 11.6 Å². The second-order valence-electron chi connectivity index (χ2n) is 7.12. The van der Waals surface area contributed by atoms with Crippen molar-refractivity contribution < 1.29 is 9.72 Å². The summed E-state index contributed by atoms with van der Waals surface area (Å²) in [5.74, 6) is 2.29. The van der Waals surface area contributed by atoms with Gasteiger partial charge in [-0.1, -0.05) is 6.92 Å². The first kappa shape index (κ1) is 18.8. The first-order valence-corrected chi connectivity index (χ1v) is 10.3. The zero-order valence-corrected chi connectivity index (χ0v) is 16.1. The average molecular weight is 378 g/mol. The van der Waals surface area contributed by atoms with Crippen LogP contribution in [-0.4, -0.2) is 42.1 Å². The van der Waals surface area contributed by atoms with E-state index in [1.165, 1.54) is 6.07 Å². The molecule has 1 heterocycles. The molecule has 2 aliphatic rings. The van der Waals surface area contributed by atoms with Crippen LogP contribution in [0.1, 0.15) is 43.0 Å². The molecule has 3 rings (SSSR count). The van der Waals surface area contributed by atoms with Crippen LogP contribution in [0, 0.1) is 16.0 Å². The molecule has 0 radical (unpaired) electrons. The van der Waals surface area contributed by atoms with Gasteiger partial charge in [-0.15, -0.1) is 11.8 Å². The molecule has 1 aromatic rings. The lowest BCUT2D eigenvalue weighted by Gasteiger charge is -2.28. The van der Waals surface area contributed by atoms with E-state index in [9.17, 15) is 14.9 Å². The minimum absolute atomic E-state index is 0.0643. The van der Waals surface area contributed by atoms with Gasteiger partial charge >= 0.3 is 0 Å². The Kier molecular flexibility index (Phi) is 5.90. The van der Waals surface area contributed by atoms with Gasteiger partial charge in [-0.3, -0.25) is 14.9 Å². The molecule has 1 saturated carbocycles. The maximum absolute atomic E-state index is 13.0. The molecule has 7 nitrogen and oxygen atoms in total. The van der Waals surface area contributed by atoms with E-state index < -0.39 is 4.92 Å². The van der Waals surface area contributed by atoms with E-state index in [-0.39, 0.29) is 17.6 Å². The molecule has 0 aromatic heterocycles. The Labute approximate surface area is 158 Å². The maximum Gasteiger partial charge on any atom is 0.293 e. The minimum Gasteiger partial charge on any atom is -0.383 e. The molecule has 26 heavy (non-hydrogen) atoms. The average Bonchev–Trinajstić information content (AvgIpc) is 3.16. The third-order valence-electron chi connectivity index (χ3n) is 5.27. The van der Waals surface area contributed by atoms with Crippen LogP contribution in [0.4, 0.5) is 17.1 Å². The second kappa shape index (κ2) is 8.16. The highest BCUT2D eigenvalue weighted by Crippen LogP contribution is 2.35. The highest BCUT2D eigenvalue weighted by Gasteiger charge is 2.27. The number of nitro benzene ring substituents is 1. The number of carbonyl (C=O) groups is 1. The fourth-order valence-corrected chi connectivity index (χ4v) is 4.61. The summed E-state index contributed by atoms with van der Waals surface area (Å²) in [6.07, 6.45) is 4.16. The van der Waals surface area contributed by atoms with Crippen LogP contribution in [0.3, 0.4) is 0 Å². The van der Waals surface area contributed by atoms with Gasteiger partial charge < -0.3 is 15.5 Å². The summed E-state index contributed by atoms with van der Waals surface area (Å²) >= 11 is 1.80. The van der Waals surface area contributed by atoms with Crippen LogP contribution >= 0.6 is 11.8 Å². The fraction of sp³-hybridized carbons (Fsp3) is 0.611. The summed E-state index contributed by atoms with van der Waals surface area (Å²) in [6.45, 7) is 3.08. The number of benzene rings is 1. The van der Waals surface area contributed by atoms with E-state index >= 15 is 0 Å². The largest absolute Gasteiger partial charge is 0.383 e. The van der Waals surface area contributed by atoms with Crippen LogP contribution in [-0.2, 0) is 0 Å². The maximum atomic E-state index is 13.0. The number of carbonyl (C=O) groups excluding carboxylic acids is 1. The minimum atomic E-state index is -0.437. The highest BCUT2D eigenvalue weighted by atomic mass is 32.2. The van der Waals surface area contributed by atoms with Gasteiger partial charge in [0.2, 0.25) is 0 Å². The van der Waals surface area contributed by atoms with Gasteiger partial charge in [-0.25, -0.2) is 0 Å². The van der Waals surface area contributed by atoms with Crippen molar-refractivity contribution >= 4 is 34.7 Å². The lowest BCUT2D eigenvalue weighted by Crippen LogP contribution is -2.38. The molecule has 1 aliphatic carbocycles. The molecule has 142 valence electrons. The molecule has 0 atom stereocenters. The van der Waals surface area contributed by atoms with Crippen LogP contribution in [0.2, 0.25) is 0 Å². The molecule has 0 bridgehead atoms. The molecule has 2 fully saturated rings. The smallest absolute Gasteiger partial charge is 0.293 e. The number of nitrogens with zero attached hydrogens (tertiary/aromatic N) is 2. The first-order valence-electron chi connectivity index (χ1n) is 9.13. The Hall–Kier alpha value is -1.96. The standard InChI is InChI=1S/C18H26N4O3S/c1-12-3-5-13(6-4-12)20-18(23)14-9-17(22(24)25)15(19-2)10-16(14)21-7-8-26-11-21/h9-10,12-13,19H,3-8,11H2,1-2H3,(H,20,23). The number of rotatable bonds is 5. The van der Waals surface area contributed by atoms with Crippen molar-refractivity contribution in [2.75, 3.05) is 35.4 Å². The van der Waals surface area contributed by atoms with Crippen molar-refractivity contribution in [1.82, 2.24) is 5.32 Å². The number of thioether (sulfide) groups is 1. The molecule has 0 unspecified atom stereocenters. The van der Waals surface area contributed by atoms with E-state index in [2.05, 4.69) is 22.5 Å². The van der Waals surface area contributed by atoms with Crippen molar-refractivity contribution in [3.63, 3.8) is 0 Å². The van der Waals surface area contributed by atoms with Crippen LogP contribution < -0.4 is 15.5 Å². The lowest BCUT2D eigenvalue weighted by molar-refractivity contribution is -0.383. The van der Waals surface area contributed by atoms with Gasteiger partial charge in [0.05, 0.1) is 22.1 Å². The predicted octanol–water partition coefficient (Wildman–Crippen LogP) is 3.46. The normalized spacial score (nSPS) is 22.9. The molecular formula is C18H26N4O3S. The van der Waals surface area contributed by atoms with Crippen molar-refractivity contribution in [3.05, 3.63) is 27.8 Å². The topological polar surface area (TPSA) is 87.5 Å². The Morgan fingerprint density at radius 3 is 2.62 bits per heavy atom. The second-order valence-corrected chi connectivity index (χ2v) is 8.20. The summed E-state index contributed by atoms with van der Waals surface area (Å²) in [4.78, 5) is 26.1. The van der Waals surface area contributed by atoms with Crippen molar-refractivity contribution in [3.8, 4) is 0 Å². The Morgan fingerprint density at radius 1 is 1.31 bits per heavy atom. The molecule has 2 N–H and O–H groups in total. The molecule has 1 saturated heterocycles. The molecule has 8 heteroatoms. The zero-order chi connectivity index (χ0) is 18.7. The molecule has 1 aromatic carbocycles. The number of nitro groups is 1. The Balaban J connectivity index is 1.90. The van der Waals surface area contributed by atoms with E-state index in [0.29, 0.717) is 17.2 Å². The van der Waals surface area contributed by atoms with Gasteiger partial charge in [0, 0.05) is 31.5 Å². The van der Waals surface area contributed by atoms with Gasteiger partial charge in [0.1, 0.15) is 5.69 Å². The molecule has 0 spiro atoms.